The molecule has 0 spiro atoms. The molecule has 2 rings (SSSR count). The van der Waals surface area contributed by atoms with Gasteiger partial charge in [0.15, 0.2) is 0 Å². The van der Waals surface area contributed by atoms with Gasteiger partial charge in [-0.1, -0.05) is 12.8 Å². The van der Waals surface area contributed by atoms with Crippen molar-refractivity contribution >= 4 is 0 Å². The Labute approximate surface area is 99.0 Å². The second kappa shape index (κ2) is 5.99. The van der Waals surface area contributed by atoms with Crippen molar-refractivity contribution in [2.75, 3.05) is 19.7 Å². The Morgan fingerprint density at radius 1 is 1.12 bits per heavy atom. The third kappa shape index (κ3) is 2.96. The molecule has 2 atom stereocenters. The molecule has 2 unspecified atom stereocenters. The largest absolute Gasteiger partial charge is 0.396 e. The van der Waals surface area contributed by atoms with Crippen LogP contribution in [0.1, 0.15) is 44.9 Å². The quantitative estimate of drug-likeness (QED) is 0.719. The molecule has 0 aromatic heterocycles. The smallest absolute Gasteiger partial charge is 0.0443 e. The molecule has 0 aromatic carbocycles. The molecule has 2 aliphatic carbocycles. The molecule has 3 nitrogen and oxygen atoms in total. The fourth-order valence-corrected chi connectivity index (χ4v) is 3.04. The van der Waals surface area contributed by atoms with Gasteiger partial charge in [-0.3, -0.25) is 4.90 Å². The zero-order valence-electron chi connectivity index (χ0n) is 10.3. The first-order chi connectivity index (χ1) is 7.81. The van der Waals surface area contributed by atoms with E-state index in [1.807, 2.05) is 0 Å². The van der Waals surface area contributed by atoms with E-state index in [2.05, 4.69) is 4.90 Å². The Bertz CT molecular complexity index is 206. The molecule has 0 radical (unpaired) electrons. The van der Waals surface area contributed by atoms with Crippen molar-refractivity contribution in [3.05, 3.63) is 0 Å². The van der Waals surface area contributed by atoms with Crippen LogP contribution in [0, 0.1) is 5.92 Å². The average Bonchev–Trinajstić information content (AvgIpc) is 2.58. The minimum Gasteiger partial charge on any atom is -0.396 e. The number of aliphatic hydroxyl groups excluding tert-OH is 1. The summed E-state index contributed by atoms with van der Waals surface area (Å²) in [6.07, 6.45) is 8.84. The highest BCUT2D eigenvalue weighted by Crippen LogP contribution is 2.30. The van der Waals surface area contributed by atoms with Gasteiger partial charge in [0.1, 0.15) is 0 Å². The summed E-state index contributed by atoms with van der Waals surface area (Å²) in [6.45, 7) is 2.55. The molecule has 3 heteroatoms. The summed E-state index contributed by atoms with van der Waals surface area (Å²) >= 11 is 0. The Morgan fingerprint density at radius 3 is 2.38 bits per heavy atom. The maximum atomic E-state index is 8.95. The van der Waals surface area contributed by atoms with Crippen molar-refractivity contribution in [1.82, 2.24) is 4.90 Å². The van der Waals surface area contributed by atoms with Gasteiger partial charge in [-0.25, -0.2) is 0 Å². The predicted molar refractivity (Wildman–Crippen MR) is 66.2 cm³/mol. The first-order valence-electron chi connectivity index (χ1n) is 6.91. The summed E-state index contributed by atoms with van der Waals surface area (Å²) in [5.41, 5.74) is 6.14. The lowest BCUT2D eigenvalue weighted by molar-refractivity contribution is 0.0962. The topological polar surface area (TPSA) is 49.5 Å². The van der Waals surface area contributed by atoms with Crippen LogP contribution in [0.2, 0.25) is 0 Å². The Hall–Kier alpha value is -0.120. The van der Waals surface area contributed by atoms with E-state index < -0.39 is 0 Å². The van der Waals surface area contributed by atoms with E-state index >= 15 is 0 Å². The molecule has 0 aromatic rings. The van der Waals surface area contributed by atoms with Crippen LogP contribution < -0.4 is 5.73 Å². The number of rotatable bonds is 6. The standard InChI is InChI=1S/C13H26N2O/c14-13-7-1-4-11(13)10-15(8-3-9-16)12-5-2-6-12/h11-13,16H,1-10,14H2. The lowest BCUT2D eigenvalue weighted by Gasteiger charge is -2.39. The lowest BCUT2D eigenvalue weighted by Crippen LogP contribution is -2.45. The second-order valence-electron chi connectivity index (χ2n) is 5.51. The average molecular weight is 226 g/mol. The summed E-state index contributed by atoms with van der Waals surface area (Å²) in [6, 6.07) is 1.22. The lowest BCUT2D eigenvalue weighted by atomic mass is 9.90. The summed E-state index contributed by atoms with van der Waals surface area (Å²) < 4.78 is 0. The molecular formula is C13H26N2O. The molecule has 2 aliphatic rings. The number of aliphatic hydroxyl groups is 1. The highest BCUT2D eigenvalue weighted by atomic mass is 16.3. The molecule has 94 valence electrons. The van der Waals surface area contributed by atoms with E-state index in [0.29, 0.717) is 18.6 Å². The molecule has 2 fully saturated rings. The van der Waals surface area contributed by atoms with Crippen LogP contribution in [0.15, 0.2) is 0 Å². The Kier molecular flexibility index (Phi) is 4.62. The maximum Gasteiger partial charge on any atom is 0.0443 e. The van der Waals surface area contributed by atoms with Gasteiger partial charge >= 0.3 is 0 Å². The normalized spacial score (nSPS) is 30.9. The third-order valence-electron chi connectivity index (χ3n) is 4.38. The highest BCUT2D eigenvalue weighted by molar-refractivity contribution is 4.87. The van der Waals surface area contributed by atoms with Crippen LogP contribution in [0.25, 0.3) is 0 Å². The summed E-state index contributed by atoms with van der Waals surface area (Å²) in [5.74, 6) is 0.708. The highest BCUT2D eigenvalue weighted by Gasteiger charge is 2.30. The van der Waals surface area contributed by atoms with Gasteiger partial charge in [0.05, 0.1) is 0 Å². The van der Waals surface area contributed by atoms with E-state index in [1.165, 1.54) is 45.1 Å². The predicted octanol–water partition coefficient (Wildman–Crippen LogP) is 1.35. The van der Waals surface area contributed by atoms with Crippen molar-refractivity contribution in [3.8, 4) is 0 Å². The number of hydrogen-bond donors (Lipinski definition) is 2. The monoisotopic (exact) mass is 226 g/mol. The molecule has 0 aliphatic heterocycles. The molecular weight excluding hydrogens is 200 g/mol. The SMILES string of the molecule is NC1CCCC1CN(CCCO)C1CCC1. The summed E-state index contributed by atoms with van der Waals surface area (Å²) in [7, 11) is 0. The van der Waals surface area contributed by atoms with Crippen molar-refractivity contribution in [2.45, 2.75) is 57.0 Å². The molecule has 0 saturated heterocycles. The second-order valence-corrected chi connectivity index (χ2v) is 5.51. The van der Waals surface area contributed by atoms with Crippen LogP contribution in [0.3, 0.4) is 0 Å². The van der Waals surface area contributed by atoms with Crippen LogP contribution in [-0.2, 0) is 0 Å². The molecule has 16 heavy (non-hydrogen) atoms. The number of nitrogens with two attached hydrogens (primary N) is 1. The maximum absolute atomic E-state index is 8.95. The minimum atomic E-state index is 0.319. The van der Waals surface area contributed by atoms with E-state index in [1.54, 1.807) is 0 Å². The first-order valence-corrected chi connectivity index (χ1v) is 6.91. The van der Waals surface area contributed by atoms with Gasteiger partial charge in [-0.15, -0.1) is 0 Å². The first kappa shape index (κ1) is 12.3. The van der Waals surface area contributed by atoms with Crippen molar-refractivity contribution in [3.63, 3.8) is 0 Å². The zero-order chi connectivity index (χ0) is 11.4. The molecule has 2 saturated carbocycles. The third-order valence-corrected chi connectivity index (χ3v) is 4.38. The van der Waals surface area contributed by atoms with Crippen LogP contribution in [0.5, 0.6) is 0 Å². The minimum absolute atomic E-state index is 0.319. The van der Waals surface area contributed by atoms with Gasteiger partial charge in [-0.05, 0) is 38.0 Å². The van der Waals surface area contributed by atoms with Gasteiger partial charge in [0.2, 0.25) is 0 Å². The van der Waals surface area contributed by atoms with Crippen molar-refractivity contribution in [2.24, 2.45) is 11.7 Å². The van der Waals surface area contributed by atoms with Gasteiger partial charge in [-0.2, -0.15) is 0 Å². The zero-order valence-corrected chi connectivity index (χ0v) is 10.3. The van der Waals surface area contributed by atoms with Gasteiger partial charge in [0.25, 0.3) is 0 Å². The number of hydrogen-bond acceptors (Lipinski definition) is 3. The van der Waals surface area contributed by atoms with Crippen molar-refractivity contribution < 1.29 is 5.11 Å². The van der Waals surface area contributed by atoms with E-state index in [-0.39, 0.29) is 0 Å². The Balaban J connectivity index is 1.80. The fourth-order valence-electron chi connectivity index (χ4n) is 3.04. The Morgan fingerprint density at radius 2 is 1.88 bits per heavy atom. The van der Waals surface area contributed by atoms with Crippen LogP contribution in [0.4, 0.5) is 0 Å². The van der Waals surface area contributed by atoms with E-state index in [9.17, 15) is 0 Å². The van der Waals surface area contributed by atoms with Gasteiger partial charge in [0, 0.05) is 31.8 Å². The summed E-state index contributed by atoms with van der Waals surface area (Å²) in [4.78, 5) is 2.59. The van der Waals surface area contributed by atoms with E-state index in [0.717, 1.165) is 19.0 Å². The van der Waals surface area contributed by atoms with E-state index in [4.69, 9.17) is 10.8 Å². The van der Waals surface area contributed by atoms with Crippen LogP contribution in [-0.4, -0.2) is 41.8 Å². The molecule has 0 amide bonds. The van der Waals surface area contributed by atoms with Crippen molar-refractivity contribution in [1.29, 1.82) is 0 Å². The number of nitrogens with zero attached hydrogens (tertiary/aromatic N) is 1. The molecule has 0 bridgehead atoms. The van der Waals surface area contributed by atoms with Gasteiger partial charge < -0.3 is 10.8 Å². The summed E-state index contributed by atoms with van der Waals surface area (Å²) in [5, 5.41) is 8.95. The molecule has 3 N–H and O–H groups in total. The van der Waals surface area contributed by atoms with Crippen LogP contribution >= 0.6 is 0 Å². The fraction of sp³-hybridized carbons (Fsp3) is 1.00. The molecule has 0 heterocycles.